The van der Waals surface area contributed by atoms with Crippen LogP contribution < -0.4 is 0 Å². The number of hydrogen-bond donors (Lipinski definition) is 0. The maximum absolute atomic E-state index is 6.94. The third-order valence-corrected chi connectivity index (χ3v) is 10.7. The first-order chi connectivity index (χ1) is 13.5. The van der Waals surface area contributed by atoms with Gasteiger partial charge in [0.2, 0.25) is 0 Å². The van der Waals surface area contributed by atoms with E-state index in [1.165, 1.54) is 36.1 Å². The summed E-state index contributed by atoms with van der Waals surface area (Å²) in [5, 5.41) is 2.73. The fourth-order valence-electron chi connectivity index (χ4n) is 4.36. The second-order valence-corrected chi connectivity index (χ2v) is 22.6. The Morgan fingerprint density at radius 1 is 0.853 bits per heavy atom. The molecule has 4 atom stereocenters. The SMILES string of the molecule is C1=CC2[CH-]C3CCCCC3C2C=C1.C=C(C(=C)[Si](C)(C)C)[Si](C)(C)C.CC(C)(C)[NH-].[CH3-].[CH3-].[SiH4].[Ti+4]. The molecule has 3 rings (SSSR count). The molecule has 0 aromatic carbocycles. The molecule has 0 radical (unpaired) electrons. The Labute approximate surface area is 237 Å². The van der Waals surface area contributed by atoms with Gasteiger partial charge in [-0.3, -0.25) is 0 Å². The molecule has 196 valence electrons. The minimum absolute atomic E-state index is 0. The van der Waals surface area contributed by atoms with Crippen LogP contribution >= 0.6 is 0 Å². The monoisotopic (exact) mass is 553 g/mol. The molecular weight excluding hydrogens is 494 g/mol. The van der Waals surface area contributed by atoms with Crippen LogP contribution in [0.4, 0.5) is 0 Å². The molecule has 34 heavy (non-hydrogen) atoms. The topological polar surface area (TPSA) is 23.8 Å². The zero-order valence-electron chi connectivity index (χ0n) is 23.9. The molecule has 5 heteroatoms. The van der Waals surface area contributed by atoms with Crippen molar-refractivity contribution in [1.82, 2.24) is 0 Å². The molecule has 0 heterocycles. The normalized spacial score (nSPS) is 24.4. The molecule has 3 aliphatic rings. The van der Waals surface area contributed by atoms with Gasteiger partial charge in [-0.2, -0.15) is 5.92 Å². The zero-order valence-corrected chi connectivity index (χ0v) is 27.5. The van der Waals surface area contributed by atoms with Gasteiger partial charge in [-0.15, -0.1) is 17.5 Å². The minimum Gasteiger partial charge on any atom is -0.673 e. The molecular formula is C29H59NSi3Ti. The minimum atomic E-state index is -1.19. The number of hydrogen-bond acceptors (Lipinski definition) is 0. The Hall–Kier alpha value is 0.285. The van der Waals surface area contributed by atoms with Crippen LogP contribution in [0.3, 0.4) is 0 Å². The van der Waals surface area contributed by atoms with Crippen LogP contribution in [0.15, 0.2) is 47.9 Å². The quantitative estimate of drug-likeness (QED) is 0.190. The van der Waals surface area contributed by atoms with E-state index in [9.17, 15) is 0 Å². The molecule has 0 saturated heterocycles. The van der Waals surface area contributed by atoms with E-state index in [4.69, 9.17) is 5.73 Å². The van der Waals surface area contributed by atoms with Crippen LogP contribution in [-0.2, 0) is 21.7 Å². The predicted octanol–water partition coefficient (Wildman–Crippen LogP) is 8.51. The van der Waals surface area contributed by atoms with E-state index in [0.29, 0.717) is 0 Å². The van der Waals surface area contributed by atoms with Crippen molar-refractivity contribution in [3.8, 4) is 0 Å². The summed E-state index contributed by atoms with van der Waals surface area (Å²) in [5.74, 6) is 3.56. The van der Waals surface area contributed by atoms with Gasteiger partial charge in [0.15, 0.2) is 0 Å². The first kappa shape index (κ1) is 41.4. The number of allylic oxidation sites excluding steroid dienone is 6. The first-order valence-corrected chi connectivity index (χ1v) is 18.9. The van der Waals surface area contributed by atoms with Crippen LogP contribution in [0, 0.1) is 44.9 Å². The van der Waals surface area contributed by atoms with E-state index in [-0.39, 0.29) is 53.1 Å². The Morgan fingerprint density at radius 3 is 1.65 bits per heavy atom. The van der Waals surface area contributed by atoms with Crippen molar-refractivity contribution in [2.75, 3.05) is 0 Å². The number of nitrogens with one attached hydrogen (secondary N) is 1. The number of rotatable bonds is 3. The Kier molecular flexibility index (Phi) is 20.6. The summed E-state index contributed by atoms with van der Waals surface area (Å²) in [6.07, 6.45) is 17.8. The Bertz CT molecular complexity index is 618. The van der Waals surface area contributed by atoms with Crippen molar-refractivity contribution in [1.29, 1.82) is 0 Å². The predicted molar refractivity (Wildman–Crippen MR) is 168 cm³/mol. The van der Waals surface area contributed by atoms with Crippen LogP contribution in [0.2, 0.25) is 39.3 Å². The maximum atomic E-state index is 6.94. The molecule has 3 aliphatic carbocycles. The van der Waals surface area contributed by atoms with E-state index in [1.54, 1.807) is 0 Å². The molecule has 2 fully saturated rings. The van der Waals surface area contributed by atoms with Gasteiger partial charge in [0.1, 0.15) is 0 Å². The molecule has 0 spiro atoms. The largest absolute Gasteiger partial charge is 4.00 e. The van der Waals surface area contributed by atoms with Crippen LogP contribution in [0.25, 0.3) is 5.73 Å². The van der Waals surface area contributed by atoms with Crippen molar-refractivity contribution >= 4 is 27.1 Å². The van der Waals surface area contributed by atoms with Gasteiger partial charge in [-0.1, -0.05) is 133 Å². The Morgan fingerprint density at radius 2 is 1.24 bits per heavy atom. The van der Waals surface area contributed by atoms with Gasteiger partial charge in [-0.05, 0) is 16.9 Å². The van der Waals surface area contributed by atoms with Gasteiger partial charge < -0.3 is 27.0 Å². The van der Waals surface area contributed by atoms with Crippen molar-refractivity contribution in [3.63, 3.8) is 0 Å². The first-order valence-electron chi connectivity index (χ1n) is 11.9. The molecule has 0 bridgehead atoms. The molecule has 2 saturated carbocycles. The van der Waals surface area contributed by atoms with Crippen molar-refractivity contribution < 1.29 is 21.7 Å². The third-order valence-electron chi connectivity index (χ3n) is 6.24. The van der Waals surface area contributed by atoms with Crippen LogP contribution in [0.1, 0.15) is 46.5 Å². The summed E-state index contributed by atoms with van der Waals surface area (Å²) >= 11 is 0. The van der Waals surface area contributed by atoms with Gasteiger partial charge >= 0.3 is 21.7 Å². The smallest absolute Gasteiger partial charge is 0.673 e. The Balaban J connectivity index is -0.000000203. The second kappa shape index (κ2) is 16.9. The standard InChI is InChI=1S/C13H17.C10H22Si2.C4H10N.2CH3.H4Si.Ti/c1-3-7-12-10(5-1)9-11-6-2-4-8-13(11)12;1-9(11(3,4)5)10(2)12(6,7)8;1-4(2,3)5;;;;/h1,3,5,7,9-13H,2,4,6,8H2;1-2H2,3-8H3;5H,1-3H3;2*1H3;1H4;/q-1;;3*-1;;+4. The summed E-state index contributed by atoms with van der Waals surface area (Å²) in [6, 6.07) is 0. The van der Waals surface area contributed by atoms with Crippen LogP contribution in [-0.4, -0.2) is 32.7 Å². The van der Waals surface area contributed by atoms with Crippen LogP contribution in [0.5, 0.6) is 0 Å². The van der Waals surface area contributed by atoms with E-state index in [0.717, 1.165) is 23.7 Å². The van der Waals surface area contributed by atoms with E-state index in [2.05, 4.69) is 83.2 Å². The molecule has 0 aromatic heterocycles. The van der Waals surface area contributed by atoms with Crippen molar-refractivity contribution in [2.45, 2.75) is 91.3 Å². The van der Waals surface area contributed by atoms with Crippen molar-refractivity contribution in [2.24, 2.45) is 23.7 Å². The molecule has 0 amide bonds. The second-order valence-electron chi connectivity index (χ2n) is 12.4. The van der Waals surface area contributed by atoms with Gasteiger partial charge in [0.25, 0.3) is 0 Å². The summed E-state index contributed by atoms with van der Waals surface area (Å²) in [4.78, 5) is 0. The summed E-state index contributed by atoms with van der Waals surface area (Å²) in [7, 11) is -2.39. The molecule has 1 N–H and O–H groups in total. The van der Waals surface area contributed by atoms with Crippen molar-refractivity contribution in [3.05, 3.63) is 74.9 Å². The number of fused-ring (bicyclic) bond motifs is 3. The zero-order chi connectivity index (χ0) is 23.3. The fraction of sp³-hybridized carbons (Fsp3) is 0.621. The molecule has 0 aromatic rings. The van der Waals surface area contributed by atoms with E-state index in [1.807, 2.05) is 20.8 Å². The molecule has 0 aliphatic heterocycles. The van der Waals surface area contributed by atoms with Gasteiger partial charge in [0.05, 0.1) is 16.1 Å². The summed E-state index contributed by atoms with van der Waals surface area (Å²) in [5.41, 5.74) is 6.69. The summed E-state index contributed by atoms with van der Waals surface area (Å²) < 4.78 is 0. The van der Waals surface area contributed by atoms with Gasteiger partial charge in [0, 0.05) is 0 Å². The third kappa shape index (κ3) is 14.7. The molecule has 1 nitrogen and oxygen atoms in total. The molecule has 4 unspecified atom stereocenters. The van der Waals surface area contributed by atoms with Gasteiger partial charge in [-0.25, -0.2) is 0 Å². The summed E-state index contributed by atoms with van der Waals surface area (Å²) in [6.45, 7) is 27.9. The van der Waals surface area contributed by atoms with E-state index < -0.39 is 16.1 Å². The average molecular weight is 554 g/mol. The van der Waals surface area contributed by atoms with E-state index >= 15 is 0 Å². The fourth-order valence-corrected chi connectivity index (χ4v) is 8.42. The average Bonchev–Trinajstić information content (AvgIpc) is 2.96. The maximum Gasteiger partial charge on any atom is 4.00 e.